The Labute approximate surface area is 158 Å². The summed E-state index contributed by atoms with van der Waals surface area (Å²) in [5, 5.41) is 10.2. The molecule has 5 nitrogen and oxygen atoms in total. The van der Waals surface area contributed by atoms with Crippen molar-refractivity contribution in [3.8, 4) is 0 Å². The van der Waals surface area contributed by atoms with Gasteiger partial charge in [-0.05, 0) is 24.6 Å². The lowest BCUT2D eigenvalue weighted by molar-refractivity contribution is -0.137. The molecule has 0 aliphatic carbocycles. The van der Waals surface area contributed by atoms with Crippen LogP contribution in [0, 0.1) is 0 Å². The molecule has 2 heterocycles. The van der Waals surface area contributed by atoms with Crippen LogP contribution in [-0.4, -0.2) is 37.7 Å². The van der Waals surface area contributed by atoms with E-state index in [1.54, 1.807) is 12.1 Å². The fraction of sp³-hybridized carbons (Fsp3) is 0.176. The van der Waals surface area contributed by atoms with Gasteiger partial charge in [0.25, 0.3) is 5.91 Å². The molecule has 1 aromatic heterocycles. The smallest absolute Gasteiger partial charge is 0.303 e. The van der Waals surface area contributed by atoms with Crippen LogP contribution >= 0.6 is 35.6 Å². The minimum Gasteiger partial charge on any atom is -0.481 e. The number of para-hydroxylation sites is 1. The number of fused-ring (bicyclic) bond motifs is 1. The molecule has 3 rings (SSSR count). The number of aliphatic carboxylic acids is 1. The number of carbonyl (C=O) groups excluding carboxylic acids is 1. The standard InChI is InChI=1S/C17H13ClN2O3S2/c18-12-4-1-3-10-6-7-11(19-15(10)12)9-13-16(23)20(17(24)25-13)8-2-5-14(21)22/h1,3-4,6-7,9H,2,5,8H2,(H,21,22)/b13-9-. The monoisotopic (exact) mass is 392 g/mol. The predicted molar refractivity (Wildman–Crippen MR) is 104 cm³/mol. The number of carbonyl (C=O) groups is 2. The highest BCUT2D eigenvalue weighted by Gasteiger charge is 2.31. The zero-order valence-electron chi connectivity index (χ0n) is 12.9. The topological polar surface area (TPSA) is 70.5 Å². The van der Waals surface area contributed by atoms with Crippen molar-refractivity contribution < 1.29 is 14.7 Å². The van der Waals surface area contributed by atoms with Crippen LogP contribution in [0.25, 0.3) is 17.0 Å². The van der Waals surface area contributed by atoms with Gasteiger partial charge >= 0.3 is 5.97 Å². The van der Waals surface area contributed by atoms with Crippen LogP contribution in [0.4, 0.5) is 0 Å². The SMILES string of the molecule is O=C(O)CCCN1C(=O)/C(=C/c2ccc3cccc(Cl)c3n2)SC1=S. The summed E-state index contributed by atoms with van der Waals surface area (Å²) >= 11 is 12.6. The van der Waals surface area contributed by atoms with Crippen LogP contribution in [0.5, 0.6) is 0 Å². The van der Waals surface area contributed by atoms with Crippen molar-refractivity contribution in [2.75, 3.05) is 6.54 Å². The number of carboxylic acids is 1. The van der Waals surface area contributed by atoms with Crippen LogP contribution in [0.3, 0.4) is 0 Å². The lowest BCUT2D eigenvalue weighted by Gasteiger charge is -2.13. The molecule has 2 aromatic rings. The summed E-state index contributed by atoms with van der Waals surface area (Å²) in [6, 6.07) is 9.25. The van der Waals surface area contributed by atoms with E-state index in [0.717, 1.165) is 5.39 Å². The van der Waals surface area contributed by atoms with Gasteiger partial charge in [0.15, 0.2) is 0 Å². The van der Waals surface area contributed by atoms with Gasteiger partial charge in [-0.1, -0.05) is 53.8 Å². The first-order valence-electron chi connectivity index (χ1n) is 7.48. The Morgan fingerprint density at radius 3 is 2.92 bits per heavy atom. The van der Waals surface area contributed by atoms with Gasteiger partial charge in [0.1, 0.15) is 4.32 Å². The van der Waals surface area contributed by atoms with Gasteiger partial charge in [0, 0.05) is 18.4 Å². The van der Waals surface area contributed by atoms with Crippen LogP contribution in [0.2, 0.25) is 5.02 Å². The Balaban J connectivity index is 1.82. The van der Waals surface area contributed by atoms with Gasteiger partial charge in [-0.15, -0.1) is 0 Å². The molecule has 0 bridgehead atoms. The Morgan fingerprint density at radius 1 is 1.36 bits per heavy atom. The number of carboxylic acid groups (broad SMARTS) is 1. The van der Waals surface area contributed by atoms with Crippen LogP contribution < -0.4 is 0 Å². The van der Waals surface area contributed by atoms with E-state index in [1.807, 2.05) is 24.3 Å². The van der Waals surface area contributed by atoms with E-state index in [1.165, 1.54) is 16.7 Å². The summed E-state index contributed by atoms with van der Waals surface area (Å²) in [6.45, 7) is 0.297. The first-order chi connectivity index (χ1) is 12.0. The van der Waals surface area contributed by atoms with Crippen molar-refractivity contribution in [3.63, 3.8) is 0 Å². The molecule has 1 N–H and O–H groups in total. The maximum atomic E-state index is 12.5. The number of halogens is 1. The molecule has 128 valence electrons. The van der Waals surface area contributed by atoms with Crippen molar-refractivity contribution >= 4 is 68.8 Å². The molecular formula is C17H13ClN2O3S2. The summed E-state index contributed by atoms with van der Waals surface area (Å²) in [6.07, 6.45) is 2.04. The van der Waals surface area contributed by atoms with Crippen molar-refractivity contribution in [1.29, 1.82) is 0 Å². The molecule has 8 heteroatoms. The van der Waals surface area contributed by atoms with E-state index in [9.17, 15) is 9.59 Å². The fourth-order valence-corrected chi connectivity index (χ4v) is 3.94. The molecule has 1 aliphatic heterocycles. The molecule has 0 radical (unpaired) electrons. The lowest BCUT2D eigenvalue weighted by Crippen LogP contribution is -2.29. The molecule has 0 unspecified atom stereocenters. The molecule has 1 aromatic carbocycles. The van der Waals surface area contributed by atoms with Crippen molar-refractivity contribution in [1.82, 2.24) is 9.88 Å². The Kier molecular flexibility index (Phi) is 5.36. The number of benzene rings is 1. The predicted octanol–water partition coefficient (Wildman–Crippen LogP) is 3.95. The molecule has 25 heavy (non-hydrogen) atoms. The number of amides is 1. The second-order valence-corrected chi connectivity index (χ2v) is 7.46. The van der Waals surface area contributed by atoms with Crippen molar-refractivity contribution in [2.24, 2.45) is 0 Å². The third-order valence-electron chi connectivity index (χ3n) is 3.62. The molecule has 1 saturated heterocycles. The van der Waals surface area contributed by atoms with E-state index >= 15 is 0 Å². The number of rotatable bonds is 5. The molecule has 0 atom stereocenters. The number of thiocarbonyl (C=S) groups is 1. The van der Waals surface area contributed by atoms with E-state index < -0.39 is 5.97 Å². The highest BCUT2D eigenvalue weighted by Crippen LogP contribution is 2.33. The van der Waals surface area contributed by atoms with E-state index in [2.05, 4.69) is 4.98 Å². The Morgan fingerprint density at radius 2 is 2.16 bits per heavy atom. The number of hydrogen-bond donors (Lipinski definition) is 1. The molecule has 1 aliphatic rings. The first-order valence-corrected chi connectivity index (χ1v) is 9.08. The zero-order chi connectivity index (χ0) is 18.0. The third kappa shape index (κ3) is 4.00. The lowest BCUT2D eigenvalue weighted by atomic mass is 10.2. The quantitative estimate of drug-likeness (QED) is 0.613. The number of thioether (sulfide) groups is 1. The van der Waals surface area contributed by atoms with Crippen LogP contribution in [0.1, 0.15) is 18.5 Å². The summed E-state index contributed by atoms with van der Waals surface area (Å²) in [5.74, 6) is -1.11. The minimum absolute atomic E-state index is 0.000830. The van der Waals surface area contributed by atoms with Crippen LogP contribution in [-0.2, 0) is 9.59 Å². The van der Waals surface area contributed by atoms with Gasteiger partial charge in [-0.3, -0.25) is 14.5 Å². The number of pyridine rings is 1. The first kappa shape index (κ1) is 17.8. The summed E-state index contributed by atoms with van der Waals surface area (Å²) in [7, 11) is 0. The number of aromatic nitrogens is 1. The minimum atomic E-state index is -0.891. The highest BCUT2D eigenvalue weighted by atomic mass is 35.5. The average molecular weight is 393 g/mol. The Bertz CT molecular complexity index is 914. The summed E-state index contributed by atoms with van der Waals surface area (Å²) in [4.78, 5) is 29.5. The van der Waals surface area contributed by atoms with Crippen molar-refractivity contribution in [2.45, 2.75) is 12.8 Å². The molecule has 0 spiro atoms. The van der Waals surface area contributed by atoms with Gasteiger partial charge in [-0.2, -0.15) is 0 Å². The highest BCUT2D eigenvalue weighted by molar-refractivity contribution is 8.26. The number of hydrogen-bond acceptors (Lipinski definition) is 5. The Hall–Kier alpha value is -1.96. The van der Waals surface area contributed by atoms with Gasteiger partial charge < -0.3 is 5.11 Å². The van der Waals surface area contributed by atoms with E-state index in [0.29, 0.717) is 38.4 Å². The number of nitrogens with zero attached hydrogens (tertiary/aromatic N) is 2. The fourth-order valence-electron chi connectivity index (χ4n) is 2.42. The maximum absolute atomic E-state index is 12.5. The maximum Gasteiger partial charge on any atom is 0.303 e. The second-order valence-electron chi connectivity index (χ2n) is 5.38. The molecular weight excluding hydrogens is 380 g/mol. The van der Waals surface area contributed by atoms with Crippen LogP contribution in [0.15, 0.2) is 35.2 Å². The largest absolute Gasteiger partial charge is 0.481 e. The van der Waals surface area contributed by atoms with Gasteiger partial charge in [0.2, 0.25) is 0 Å². The zero-order valence-corrected chi connectivity index (χ0v) is 15.3. The van der Waals surface area contributed by atoms with E-state index in [-0.39, 0.29) is 12.3 Å². The van der Waals surface area contributed by atoms with Gasteiger partial charge in [0.05, 0.1) is 21.1 Å². The summed E-state index contributed by atoms with van der Waals surface area (Å²) < 4.78 is 0.431. The summed E-state index contributed by atoms with van der Waals surface area (Å²) in [5.41, 5.74) is 1.29. The van der Waals surface area contributed by atoms with Gasteiger partial charge in [-0.25, -0.2) is 4.98 Å². The van der Waals surface area contributed by atoms with Crippen molar-refractivity contribution in [3.05, 3.63) is 46.0 Å². The molecule has 0 saturated carbocycles. The van der Waals surface area contributed by atoms with E-state index in [4.69, 9.17) is 28.9 Å². The third-order valence-corrected chi connectivity index (χ3v) is 5.30. The molecule has 1 fully saturated rings. The molecule has 1 amide bonds. The normalized spacial score (nSPS) is 16.2. The average Bonchev–Trinajstić information content (AvgIpc) is 2.83. The second kappa shape index (κ2) is 7.51.